The van der Waals surface area contributed by atoms with Crippen molar-refractivity contribution in [3.05, 3.63) is 157 Å². The summed E-state index contributed by atoms with van der Waals surface area (Å²) in [6.45, 7) is 6.84. The predicted molar refractivity (Wildman–Crippen MR) is 188 cm³/mol. The van der Waals surface area contributed by atoms with Crippen LogP contribution in [-0.2, 0) is 12.5 Å². The molecule has 1 aromatic heterocycles. The minimum absolute atomic E-state index is 0.0825. The first-order valence-electron chi connectivity index (χ1n) is 15.3. The first kappa shape index (κ1) is 27.5. The van der Waals surface area contributed by atoms with Crippen LogP contribution < -0.4 is 9.80 Å². The van der Waals surface area contributed by atoms with Gasteiger partial charge in [0.25, 0.3) is 0 Å². The average Bonchev–Trinajstić information content (AvgIpc) is 3.34. The number of fused-ring (bicyclic) bond motifs is 3. The number of nitrogens with zero attached hydrogens (tertiary/aromatic N) is 3. The van der Waals surface area contributed by atoms with E-state index in [4.69, 9.17) is 0 Å². The van der Waals surface area contributed by atoms with E-state index in [1.807, 2.05) is 0 Å². The molecule has 3 heteroatoms. The molecule has 216 valence electrons. The second-order valence-electron chi connectivity index (χ2n) is 12.4. The molecule has 0 radical (unpaired) electrons. The van der Waals surface area contributed by atoms with Crippen molar-refractivity contribution in [1.82, 2.24) is 4.57 Å². The fourth-order valence-electron chi connectivity index (χ4n) is 6.19. The van der Waals surface area contributed by atoms with Gasteiger partial charge in [0.2, 0.25) is 0 Å². The van der Waals surface area contributed by atoms with E-state index in [1.54, 1.807) is 0 Å². The average molecular weight is 572 g/mol. The third kappa shape index (κ3) is 5.01. The molecule has 0 amide bonds. The summed E-state index contributed by atoms with van der Waals surface area (Å²) in [7, 11) is 2.17. The quantitative estimate of drug-likeness (QED) is 0.197. The number of rotatable bonds is 6. The van der Waals surface area contributed by atoms with Crippen LogP contribution in [0.15, 0.2) is 152 Å². The second kappa shape index (κ2) is 11.1. The summed E-state index contributed by atoms with van der Waals surface area (Å²) >= 11 is 0. The highest BCUT2D eigenvalue weighted by atomic mass is 15.2. The summed E-state index contributed by atoms with van der Waals surface area (Å²) in [5.74, 6) is 0. The van der Waals surface area contributed by atoms with Gasteiger partial charge >= 0.3 is 0 Å². The van der Waals surface area contributed by atoms with Gasteiger partial charge < -0.3 is 14.4 Å². The molecule has 0 bridgehead atoms. The van der Waals surface area contributed by atoms with E-state index in [0.717, 1.165) is 34.1 Å². The molecule has 44 heavy (non-hydrogen) atoms. The van der Waals surface area contributed by atoms with E-state index in [1.165, 1.54) is 27.4 Å². The van der Waals surface area contributed by atoms with E-state index >= 15 is 0 Å². The van der Waals surface area contributed by atoms with Crippen LogP contribution in [0.1, 0.15) is 26.3 Å². The lowest BCUT2D eigenvalue weighted by atomic mass is 9.86. The summed E-state index contributed by atoms with van der Waals surface area (Å²) < 4.78 is 2.31. The third-order valence-electron chi connectivity index (χ3n) is 8.52. The Morgan fingerprint density at radius 3 is 1.23 bits per heavy atom. The summed E-state index contributed by atoms with van der Waals surface area (Å²) in [5.41, 5.74) is 10.6. The number of anilines is 6. The van der Waals surface area contributed by atoms with Gasteiger partial charge in [-0.05, 0) is 102 Å². The molecule has 7 rings (SSSR count). The number of para-hydroxylation sites is 3. The molecule has 0 aliphatic carbocycles. The Kier molecular flexibility index (Phi) is 6.94. The molecular formula is C41H37N3. The lowest BCUT2D eigenvalue weighted by Crippen LogP contribution is -2.12. The zero-order chi connectivity index (χ0) is 30.3. The van der Waals surface area contributed by atoms with Crippen LogP contribution in [-0.4, -0.2) is 4.57 Å². The van der Waals surface area contributed by atoms with Crippen molar-refractivity contribution >= 4 is 55.9 Å². The smallest absolute Gasteiger partial charge is 0.0490 e. The fourth-order valence-corrected chi connectivity index (χ4v) is 6.19. The van der Waals surface area contributed by atoms with Crippen LogP contribution in [0.4, 0.5) is 34.1 Å². The molecule has 7 aromatic rings. The molecule has 0 saturated heterocycles. The summed E-state index contributed by atoms with van der Waals surface area (Å²) in [6.07, 6.45) is 0. The molecule has 0 saturated carbocycles. The lowest BCUT2D eigenvalue weighted by molar-refractivity contribution is 0.591. The normalized spacial score (nSPS) is 11.6. The van der Waals surface area contributed by atoms with E-state index in [2.05, 4.69) is 194 Å². The molecule has 0 atom stereocenters. The molecule has 0 fully saturated rings. The van der Waals surface area contributed by atoms with Crippen molar-refractivity contribution in [1.29, 1.82) is 0 Å². The van der Waals surface area contributed by atoms with E-state index in [9.17, 15) is 0 Å². The number of aromatic nitrogens is 1. The Bertz CT molecular complexity index is 2000. The van der Waals surface area contributed by atoms with Gasteiger partial charge in [0.15, 0.2) is 0 Å². The molecule has 3 nitrogen and oxygen atoms in total. The Morgan fingerprint density at radius 2 is 0.773 bits per heavy atom. The van der Waals surface area contributed by atoms with Crippen LogP contribution in [0.2, 0.25) is 0 Å². The lowest BCUT2D eigenvalue weighted by Gasteiger charge is -2.28. The highest BCUT2D eigenvalue weighted by Crippen LogP contribution is 2.41. The third-order valence-corrected chi connectivity index (χ3v) is 8.52. The number of hydrogen-bond donors (Lipinski definition) is 0. The molecule has 0 aliphatic heterocycles. The largest absolute Gasteiger partial charge is 0.344 e. The van der Waals surface area contributed by atoms with Crippen LogP contribution in [0.3, 0.4) is 0 Å². The molecular weight excluding hydrogens is 534 g/mol. The monoisotopic (exact) mass is 571 g/mol. The molecule has 0 spiro atoms. The molecule has 0 N–H and O–H groups in total. The van der Waals surface area contributed by atoms with Crippen LogP contribution >= 0.6 is 0 Å². The Morgan fingerprint density at radius 1 is 0.409 bits per heavy atom. The first-order valence-corrected chi connectivity index (χ1v) is 15.3. The van der Waals surface area contributed by atoms with Gasteiger partial charge in [-0.15, -0.1) is 0 Å². The zero-order valence-electron chi connectivity index (χ0n) is 25.8. The van der Waals surface area contributed by atoms with Gasteiger partial charge in [-0.2, -0.15) is 0 Å². The molecule has 6 aromatic carbocycles. The Hall–Kier alpha value is -5.28. The maximum Gasteiger partial charge on any atom is 0.0490 e. The van der Waals surface area contributed by atoms with E-state index in [0.29, 0.717) is 0 Å². The number of benzene rings is 6. The maximum absolute atomic E-state index is 2.38. The summed E-state index contributed by atoms with van der Waals surface area (Å²) in [6, 6.07) is 54.4. The summed E-state index contributed by atoms with van der Waals surface area (Å²) in [5, 5.41) is 2.56. The standard InChI is InChI=1S/C41H37N3/c1-41(2,3)30-20-26-39-37(28-30)38-29-36(25-27-40(38)42(39)4)44(33-18-12-7-13-19-33)35-23-21-34(22-24-35)43(31-14-8-5-9-15-31)32-16-10-6-11-17-32/h5-29H,1-4H3. The van der Waals surface area contributed by atoms with E-state index < -0.39 is 0 Å². The van der Waals surface area contributed by atoms with Crippen LogP contribution in [0, 0.1) is 0 Å². The molecule has 0 aliphatic rings. The van der Waals surface area contributed by atoms with Gasteiger partial charge in [-0.25, -0.2) is 0 Å². The second-order valence-corrected chi connectivity index (χ2v) is 12.4. The number of hydrogen-bond acceptors (Lipinski definition) is 2. The van der Waals surface area contributed by atoms with Crippen molar-refractivity contribution in [3.8, 4) is 0 Å². The minimum atomic E-state index is 0.0825. The van der Waals surface area contributed by atoms with Gasteiger partial charge in [-0.3, -0.25) is 0 Å². The van der Waals surface area contributed by atoms with Crippen molar-refractivity contribution in [2.75, 3.05) is 9.80 Å². The van der Waals surface area contributed by atoms with Crippen molar-refractivity contribution in [2.45, 2.75) is 26.2 Å². The van der Waals surface area contributed by atoms with Gasteiger partial charge in [0.05, 0.1) is 0 Å². The zero-order valence-corrected chi connectivity index (χ0v) is 25.8. The van der Waals surface area contributed by atoms with Gasteiger partial charge in [-0.1, -0.05) is 81.4 Å². The minimum Gasteiger partial charge on any atom is -0.344 e. The SMILES string of the molecule is Cn1c2ccc(N(c3ccccc3)c3ccc(N(c4ccccc4)c4ccccc4)cc3)cc2c2cc(C(C)(C)C)ccc21. The van der Waals surface area contributed by atoms with Gasteiger partial charge in [0, 0.05) is 63.0 Å². The van der Waals surface area contributed by atoms with Crippen LogP contribution in [0.25, 0.3) is 21.8 Å². The van der Waals surface area contributed by atoms with E-state index in [-0.39, 0.29) is 5.41 Å². The molecule has 0 unspecified atom stereocenters. The Balaban J connectivity index is 1.36. The van der Waals surface area contributed by atoms with Crippen LogP contribution in [0.5, 0.6) is 0 Å². The highest BCUT2D eigenvalue weighted by Gasteiger charge is 2.19. The predicted octanol–water partition coefficient (Wildman–Crippen LogP) is 11.6. The summed E-state index contributed by atoms with van der Waals surface area (Å²) in [4.78, 5) is 4.65. The maximum atomic E-state index is 2.38. The van der Waals surface area contributed by atoms with Crippen molar-refractivity contribution in [3.63, 3.8) is 0 Å². The van der Waals surface area contributed by atoms with Crippen molar-refractivity contribution in [2.24, 2.45) is 7.05 Å². The number of aryl methyl sites for hydroxylation is 1. The highest BCUT2D eigenvalue weighted by molar-refractivity contribution is 6.09. The molecule has 1 heterocycles. The topological polar surface area (TPSA) is 11.4 Å². The fraction of sp³-hybridized carbons (Fsp3) is 0.122. The Labute approximate surface area is 260 Å². The van der Waals surface area contributed by atoms with Crippen molar-refractivity contribution < 1.29 is 0 Å². The first-order chi connectivity index (χ1) is 21.4. The van der Waals surface area contributed by atoms with Gasteiger partial charge in [0.1, 0.15) is 0 Å².